The first-order valence-corrected chi connectivity index (χ1v) is 10.2. The maximum absolute atomic E-state index is 12.5. The lowest BCUT2D eigenvalue weighted by Gasteiger charge is -2.33. The number of carbonyl (C=O) groups excluding carboxylic acids is 2. The fourth-order valence-electron chi connectivity index (χ4n) is 3.33. The fraction of sp³-hybridized carbons (Fsp3) is 0.474. The number of aromatic nitrogens is 2. The molecule has 2 amide bonds. The summed E-state index contributed by atoms with van der Waals surface area (Å²) in [7, 11) is 0. The van der Waals surface area contributed by atoms with Crippen molar-refractivity contribution in [2.24, 2.45) is 5.92 Å². The largest absolute Gasteiger partial charge is 0.351 e. The van der Waals surface area contributed by atoms with E-state index in [0.717, 1.165) is 17.7 Å². The molecule has 9 heteroatoms. The Morgan fingerprint density at radius 3 is 2.82 bits per heavy atom. The Kier molecular flexibility index (Phi) is 6.45. The Hall–Kier alpha value is -2.68. The third-order valence-electron chi connectivity index (χ3n) is 4.85. The second-order valence-electron chi connectivity index (χ2n) is 7.02. The van der Waals surface area contributed by atoms with Crippen LogP contribution in [0, 0.1) is 12.8 Å². The van der Waals surface area contributed by atoms with E-state index in [4.69, 9.17) is 0 Å². The predicted molar refractivity (Wildman–Crippen MR) is 107 cm³/mol. The molecule has 3 heterocycles. The van der Waals surface area contributed by atoms with Gasteiger partial charge in [-0.2, -0.15) is 0 Å². The molecule has 8 nitrogen and oxygen atoms in total. The van der Waals surface area contributed by atoms with Crippen molar-refractivity contribution in [3.63, 3.8) is 0 Å². The van der Waals surface area contributed by atoms with Crippen LogP contribution in [-0.2, 0) is 11.3 Å². The molecule has 1 saturated heterocycles. The van der Waals surface area contributed by atoms with Gasteiger partial charge in [-0.15, -0.1) is 11.3 Å². The highest BCUT2D eigenvalue weighted by Crippen LogP contribution is 2.18. The summed E-state index contributed by atoms with van der Waals surface area (Å²) in [6.45, 7) is 4.02. The number of aromatic amines is 1. The van der Waals surface area contributed by atoms with Crippen molar-refractivity contribution in [1.82, 2.24) is 19.8 Å². The topological polar surface area (TPSA) is 104 Å². The summed E-state index contributed by atoms with van der Waals surface area (Å²) < 4.78 is 1.32. The van der Waals surface area contributed by atoms with Crippen LogP contribution >= 0.6 is 11.3 Å². The second-order valence-corrected chi connectivity index (χ2v) is 8.31. The molecule has 1 unspecified atom stereocenters. The van der Waals surface area contributed by atoms with Crippen LogP contribution < -0.4 is 16.6 Å². The quantitative estimate of drug-likeness (QED) is 0.748. The average Bonchev–Trinajstić information content (AvgIpc) is 3.12. The molecule has 150 valence electrons. The van der Waals surface area contributed by atoms with Crippen molar-refractivity contribution in [2.75, 3.05) is 19.6 Å². The van der Waals surface area contributed by atoms with Gasteiger partial charge in [0.1, 0.15) is 0 Å². The summed E-state index contributed by atoms with van der Waals surface area (Å²) in [4.78, 5) is 53.3. The maximum atomic E-state index is 12.5. The van der Waals surface area contributed by atoms with Crippen molar-refractivity contribution in [3.05, 3.63) is 55.0 Å². The Labute approximate surface area is 166 Å². The predicted octanol–water partition coefficient (Wildman–Crippen LogP) is 0.965. The monoisotopic (exact) mass is 404 g/mol. The summed E-state index contributed by atoms with van der Waals surface area (Å²) in [6.07, 6.45) is 3.45. The van der Waals surface area contributed by atoms with Crippen LogP contribution in [0.5, 0.6) is 0 Å². The molecule has 1 atom stereocenters. The molecular formula is C19H24N4O4S. The van der Waals surface area contributed by atoms with Crippen LogP contribution in [0.1, 0.15) is 33.8 Å². The smallest absolute Gasteiger partial charge is 0.328 e. The van der Waals surface area contributed by atoms with Gasteiger partial charge >= 0.3 is 5.69 Å². The highest BCUT2D eigenvalue weighted by Gasteiger charge is 2.24. The van der Waals surface area contributed by atoms with Gasteiger partial charge in [0.2, 0.25) is 5.91 Å². The number of amides is 2. The van der Waals surface area contributed by atoms with Gasteiger partial charge in [-0.3, -0.25) is 19.4 Å². The van der Waals surface area contributed by atoms with Crippen LogP contribution in [0.2, 0.25) is 0 Å². The van der Waals surface area contributed by atoms with Gasteiger partial charge in [0, 0.05) is 49.7 Å². The van der Waals surface area contributed by atoms with Crippen molar-refractivity contribution in [2.45, 2.75) is 32.7 Å². The first-order valence-electron chi connectivity index (χ1n) is 9.34. The standard InChI is InChI=1S/C19H24N4O4S/c1-13-4-5-15(28-13)18(26)20-11-14-3-2-8-23(12-14)17(25)7-10-22-9-6-16(24)21-19(22)27/h4-6,9,14H,2-3,7-8,10-12H2,1H3,(H,20,26)(H,21,24,27). The molecule has 0 aromatic carbocycles. The molecule has 2 aromatic heterocycles. The first-order chi connectivity index (χ1) is 13.4. The number of carbonyl (C=O) groups is 2. The van der Waals surface area contributed by atoms with Crippen LogP contribution in [0.3, 0.4) is 0 Å². The van der Waals surface area contributed by atoms with Crippen LogP contribution in [0.15, 0.2) is 34.0 Å². The minimum Gasteiger partial charge on any atom is -0.351 e. The molecule has 2 aromatic rings. The highest BCUT2D eigenvalue weighted by molar-refractivity contribution is 7.13. The third kappa shape index (κ3) is 5.19. The normalized spacial score (nSPS) is 16.8. The average molecular weight is 404 g/mol. The summed E-state index contributed by atoms with van der Waals surface area (Å²) in [5.74, 6) is 0.125. The van der Waals surface area contributed by atoms with Crippen LogP contribution in [0.25, 0.3) is 0 Å². The van der Waals surface area contributed by atoms with E-state index >= 15 is 0 Å². The summed E-state index contributed by atoms with van der Waals surface area (Å²) in [5.41, 5.74) is -0.963. The summed E-state index contributed by atoms with van der Waals surface area (Å²) in [5, 5.41) is 2.97. The molecule has 1 aliphatic heterocycles. The SMILES string of the molecule is Cc1ccc(C(=O)NCC2CCCN(C(=O)CCn3ccc(=O)[nH]c3=O)C2)s1. The Balaban J connectivity index is 1.48. The lowest BCUT2D eigenvalue weighted by atomic mass is 9.97. The zero-order chi connectivity index (χ0) is 20.1. The van der Waals surface area contributed by atoms with Gasteiger partial charge in [-0.1, -0.05) is 0 Å². The minimum absolute atomic E-state index is 0.0250. The Morgan fingerprint density at radius 1 is 1.29 bits per heavy atom. The first kappa shape index (κ1) is 20.1. The minimum atomic E-state index is -0.511. The van der Waals surface area contributed by atoms with Crippen molar-refractivity contribution >= 4 is 23.2 Å². The lowest BCUT2D eigenvalue weighted by molar-refractivity contribution is -0.133. The molecule has 1 fully saturated rings. The van der Waals surface area contributed by atoms with E-state index in [-0.39, 0.29) is 30.7 Å². The van der Waals surface area contributed by atoms with E-state index in [1.807, 2.05) is 19.1 Å². The van der Waals surface area contributed by atoms with Gasteiger partial charge in [0.05, 0.1) is 4.88 Å². The molecule has 2 N–H and O–H groups in total. The van der Waals surface area contributed by atoms with E-state index in [2.05, 4.69) is 10.3 Å². The number of nitrogens with zero attached hydrogens (tertiary/aromatic N) is 2. The van der Waals surface area contributed by atoms with E-state index in [9.17, 15) is 19.2 Å². The Morgan fingerprint density at radius 2 is 2.11 bits per heavy atom. The number of piperidine rings is 1. The second kappa shape index (κ2) is 9.01. The molecule has 0 spiro atoms. The van der Waals surface area contributed by atoms with Crippen molar-refractivity contribution in [3.8, 4) is 0 Å². The number of likely N-dealkylation sites (tertiary alicyclic amines) is 1. The lowest BCUT2D eigenvalue weighted by Crippen LogP contribution is -2.44. The molecule has 0 radical (unpaired) electrons. The third-order valence-corrected chi connectivity index (χ3v) is 5.85. The van der Waals surface area contributed by atoms with Crippen molar-refractivity contribution in [1.29, 1.82) is 0 Å². The van der Waals surface area contributed by atoms with Crippen molar-refractivity contribution < 1.29 is 9.59 Å². The Bertz CT molecular complexity index is 961. The number of thiophene rings is 1. The zero-order valence-corrected chi connectivity index (χ0v) is 16.6. The fourth-order valence-corrected chi connectivity index (χ4v) is 4.12. The summed E-state index contributed by atoms with van der Waals surface area (Å²) in [6, 6.07) is 5.01. The molecule has 28 heavy (non-hydrogen) atoms. The number of hydrogen-bond acceptors (Lipinski definition) is 5. The molecular weight excluding hydrogens is 380 g/mol. The highest BCUT2D eigenvalue weighted by atomic mass is 32.1. The van der Waals surface area contributed by atoms with E-state index in [1.165, 1.54) is 28.2 Å². The van der Waals surface area contributed by atoms with Crippen LogP contribution in [-0.4, -0.2) is 45.9 Å². The van der Waals surface area contributed by atoms with E-state index < -0.39 is 11.2 Å². The van der Waals surface area contributed by atoms with E-state index in [1.54, 1.807) is 4.90 Å². The van der Waals surface area contributed by atoms with Gasteiger partial charge in [0.15, 0.2) is 0 Å². The van der Waals surface area contributed by atoms with Gasteiger partial charge in [-0.25, -0.2) is 4.79 Å². The molecule has 3 rings (SSSR count). The zero-order valence-electron chi connectivity index (χ0n) is 15.8. The number of H-pyrrole nitrogens is 1. The number of rotatable bonds is 6. The summed E-state index contributed by atoms with van der Waals surface area (Å²) >= 11 is 1.47. The van der Waals surface area contributed by atoms with Gasteiger partial charge in [-0.05, 0) is 37.8 Å². The molecule has 0 bridgehead atoms. The number of hydrogen-bond donors (Lipinski definition) is 2. The molecule has 1 aliphatic rings. The van der Waals surface area contributed by atoms with Crippen LogP contribution in [0.4, 0.5) is 0 Å². The number of aryl methyl sites for hydroxylation is 2. The van der Waals surface area contributed by atoms with Gasteiger partial charge in [0.25, 0.3) is 11.5 Å². The number of nitrogens with one attached hydrogen (secondary N) is 2. The van der Waals surface area contributed by atoms with Gasteiger partial charge < -0.3 is 14.8 Å². The molecule has 0 aliphatic carbocycles. The molecule has 0 saturated carbocycles. The maximum Gasteiger partial charge on any atom is 0.328 e. The van der Waals surface area contributed by atoms with E-state index in [0.29, 0.717) is 24.5 Å².